The maximum Gasteiger partial charge on any atom is 0.351 e. The van der Waals surface area contributed by atoms with Gasteiger partial charge >= 0.3 is 5.97 Å². The van der Waals surface area contributed by atoms with Crippen LogP contribution in [0.2, 0.25) is 0 Å². The first-order valence-corrected chi connectivity index (χ1v) is 9.30. The highest BCUT2D eigenvalue weighted by Gasteiger charge is 2.21. The Hall–Kier alpha value is -3.46. The molecule has 0 bridgehead atoms. The summed E-state index contributed by atoms with van der Waals surface area (Å²) in [4.78, 5) is 18.0. The maximum atomic E-state index is 9.04. The Bertz CT molecular complexity index is 843. The number of quaternary nitrogens is 1. The Morgan fingerprint density at radius 1 is 1.13 bits per heavy atom. The second kappa shape index (κ2) is 11.5. The van der Waals surface area contributed by atoms with Gasteiger partial charge in [-0.3, -0.25) is 0 Å². The summed E-state index contributed by atoms with van der Waals surface area (Å²) >= 11 is 0. The molecule has 1 aliphatic rings. The first-order valence-electron chi connectivity index (χ1n) is 9.30. The number of hydrogen-bond acceptors (Lipinski definition) is 7. The highest BCUT2D eigenvalue weighted by molar-refractivity contribution is 6.26. The predicted octanol–water partition coefficient (Wildman–Crippen LogP) is -0.529. The Kier molecular flexibility index (Phi) is 8.76. The Balaban J connectivity index is 0.000000469. The van der Waals surface area contributed by atoms with Crippen LogP contribution in [0.15, 0.2) is 42.5 Å². The van der Waals surface area contributed by atoms with Gasteiger partial charge in [0.1, 0.15) is 13.2 Å². The van der Waals surface area contributed by atoms with Crippen LogP contribution in [0.5, 0.6) is 23.0 Å². The molecule has 9 heteroatoms. The van der Waals surface area contributed by atoms with E-state index in [1.54, 1.807) is 14.2 Å². The van der Waals surface area contributed by atoms with E-state index in [2.05, 4.69) is 11.4 Å². The first-order chi connectivity index (χ1) is 14.4. The van der Waals surface area contributed by atoms with Gasteiger partial charge < -0.3 is 39.3 Å². The summed E-state index contributed by atoms with van der Waals surface area (Å²) in [5.74, 6) is -0.807. The van der Waals surface area contributed by atoms with E-state index in [0.717, 1.165) is 42.5 Å². The molecule has 0 saturated carbocycles. The molecule has 0 spiro atoms. The number of rotatable bonds is 7. The van der Waals surface area contributed by atoms with Crippen molar-refractivity contribution in [3.63, 3.8) is 0 Å². The molecule has 0 radical (unpaired) electrons. The monoisotopic (exact) mass is 419 g/mol. The van der Waals surface area contributed by atoms with Crippen molar-refractivity contribution in [1.29, 1.82) is 0 Å². The minimum absolute atomic E-state index is 0.0882. The van der Waals surface area contributed by atoms with E-state index in [9.17, 15) is 0 Å². The summed E-state index contributed by atoms with van der Waals surface area (Å²) < 4.78 is 22.3. The van der Waals surface area contributed by atoms with Crippen LogP contribution in [-0.2, 0) is 16.0 Å². The summed E-state index contributed by atoms with van der Waals surface area (Å²) in [5.41, 5.74) is 1.23. The molecule has 3 N–H and O–H groups in total. The fourth-order valence-electron chi connectivity index (χ4n) is 2.79. The number of nitrogens with two attached hydrogens (primary N) is 1. The van der Waals surface area contributed by atoms with Gasteiger partial charge in [0.2, 0.25) is 0 Å². The highest BCUT2D eigenvalue weighted by atomic mass is 16.6. The molecule has 1 heterocycles. The van der Waals surface area contributed by atoms with Crippen LogP contribution < -0.4 is 29.4 Å². The number of benzene rings is 2. The van der Waals surface area contributed by atoms with Gasteiger partial charge in [-0.2, -0.15) is 0 Å². The minimum Gasteiger partial charge on any atom is -0.539 e. The molecule has 2 aromatic carbocycles. The normalized spacial score (nSPS) is 14.1. The van der Waals surface area contributed by atoms with Gasteiger partial charge in [-0.25, -0.2) is 4.79 Å². The van der Waals surface area contributed by atoms with Crippen LogP contribution in [0.4, 0.5) is 0 Å². The number of ether oxygens (including phenoxy) is 4. The number of carboxylic acids is 2. The Morgan fingerprint density at radius 2 is 1.80 bits per heavy atom. The zero-order valence-electron chi connectivity index (χ0n) is 16.8. The summed E-state index contributed by atoms with van der Waals surface area (Å²) in [5, 5.41) is 18.6. The van der Waals surface area contributed by atoms with Gasteiger partial charge in [0.05, 0.1) is 20.8 Å². The SMILES string of the molecule is COc1ccc(CC[NH2+]CC2COc3ccccc3O2)cc1OC.O=C([O-])C(=O)O. The molecule has 1 atom stereocenters. The molecule has 30 heavy (non-hydrogen) atoms. The van der Waals surface area contributed by atoms with Gasteiger partial charge in [0, 0.05) is 6.42 Å². The van der Waals surface area contributed by atoms with Crippen molar-refractivity contribution >= 4 is 11.9 Å². The van der Waals surface area contributed by atoms with Crippen LogP contribution in [0.3, 0.4) is 0 Å². The molecule has 1 aliphatic heterocycles. The summed E-state index contributed by atoms with van der Waals surface area (Å²) in [7, 11) is 3.31. The van der Waals surface area contributed by atoms with Crippen molar-refractivity contribution in [3.8, 4) is 23.0 Å². The highest BCUT2D eigenvalue weighted by Crippen LogP contribution is 2.30. The van der Waals surface area contributed by atoms with E-state index in [4.69, 9.17) is 38.7 Å². The zero-order chi connectivity index (χ0) is 21.9. The number of carboxylic acid groups (broad SMARTS) is 2. The standard InChI is InChI=1S/C19H23NO4.C2H2O4/c1-21-16-8-7-14(11-19(16)22-2)9-10-20-12-15-13-23-17-5-3-4-6-18(17)24-15;3-1(4)2(5)6/h3-8,11,15,20H,9-10,12-13H2,1-2H3;(H,3,4)(H,5,6). The van der Waals surface area contributed by atoms with E-state index >= 15 is 0 Å². The number of carbonyl (C=O) groups excluding carboxylic acids is 1. The van der Waals surface area contributed by atoms with E-state index in [1.807, 2.05) is 36.4 Å². The second-order valence-corrected chi connectivity index (χ2v) is 6.34. The van der Waals surface area contributed by atoms with Crippen molar-refractivity contribution in [3.05, 3.63) is 48.0 Å². The average molecular weight is 419 g/mol. The summed E-state index contributed by atoms with van der Waals surface area (Å²) in [6.07, 6.45) is 1.05. The van der Waals surface area contributed by atoms with Crippen molar-refractivity contribution in [2.45, 2.75) is 12.5 Å². The number of methoxy groups -OCH3 is 2. The van der Waals surface area contributed by atoms with Crippen molar-refractivity contribution in [2.24, 2.45) is 0 Å². The fraction of sp³-hybridized carbons (Fsp3) is 0.333. The smallest absolute Gasteiger partial charge is 0.351 e. The molecule has 1 unspecified atom stereocenters. The van der Waals surface area contributed by atoms with Crippen LogP contribution in [-0.4, -0.2) is 57.1 Å². The molecule has 0 saturated heterocycles. The Labute approximate surface area is 174 Å². The zero-order valence-corrected chi connectivity index (χ0v) is 16.8. The lowest BCUT2D eigenvalue weighted by atomic mass is 10.1. The largest absolute Gasteiger partial charge is 0.539 e. The lowest BCUT2D eigenvalue weighted by molar-refractivity contribution is -0.660. The number of fused-ring (bicyclic) bond motifs is 1. The van der Waals surface area contributed by atoms with Gasteiger partial charge in [0.15, 0.2) is 35.1 Å². The average Bonchev–Trinajstić information content (AvgIpc) is 2.76. The lowest BCUT2D eigenvalue weighted by Crippen LogP contribution is -2.87. The van der Waals surface area contributed by atoms with E-state index < -0.39 is 11.9 Å². The second-order valence-electron chi connectivity index (χ2n) is 6.34. The number of para-hydroxylation sites is 2. The third-order valence-corrected chi connectivity index (χ3v) is 4.26. The molecule has 0 amide bonds. The van der Waals surface area contributed by atoms with Gasteiger partial charge in [-0.15, -0.1) is 0 Å². The molecular weight excluding hydrogens is 394 g/mol. The van der Waals surface area contributed by atoms with Crippen LogP contribution in [0, 0.1) is 0 Å². The van der Waals surface area contributed by atoms with Crippen molar-refractivity contribution < 1.29 is 44.1 Å². The van der Waals surface area contributed by atoms with Crippen molar-refractivity contribution in [1.82, 2.24) is 0 Å². The van der Waals surface area contributed by atoms with Crippen LogP contribution in [0.25, 0.3) is 0 Å². The van der Waals surface area contributed by atoms with E-state index in [-0.39, 0.29) is 6.10 Å². The third-order valence-electron chi connectivity index (χ3n) is 4.26. The molecule has 3 rings (SSSR count). The van der Waals surface area contributed by atoms with Gasteiger partial charge in [0.25, 0.3) is 0 Å². The fourth-order valence-corrected chi connectivity index (χ4v) is 2.79. The molecule has 0 fully saturated rings. The Morgan fingerprint density at radius 3 is 2.43 bits per heavy atom. The predicted molar refractivity (Wildman–Crippen MR) is 104 cm³/mol. The summed E-state index contributed by atoms with van der Waals surface area (Å²) in [6, 6.07) is 13.9. The van der Waals surface area contributed by atoms with Crippen LogP contribution in [0.1, 0.15) is 5.56 Å². The quantitative estimate of drug-likeness (QED) is 0.452. The van der Waals surface area contributed by atoms with E-state index in [1.165, 1.54) is 5.56 Å². The van der Waals surface area contributed by atoms with Crippen molar-refractivity contribution in [2.75, 3.05) is 33.9 Å². The molecule has 0 aliphatic carbocycles. The van der Waals surface area contributed by atoms with Gasteiger partial charge in [-0.1, -0.05) is 18.2 Å². The molecule has 2 aromatic rings. The first kappa shape index (κ1) is 22.8. The number of hydrogen-bond donors (Lipinski definition) is 2. The minimum atomic E-state index is -2.07. The molecule has 9 nitrogen and oxygen atoms in total. The topological polar surface area (TPSA) is 131 Å². The maximum absolute atomic E-state index is 9.04. The molecular formula is C21H25NO8. The lowest BCUT2D eigenvalue weighted by Gasteiger charge is -2.25. The number of carbonyl (C=O) groups is 2. The number of aliphatic carboxylic acids is 2. The third kappa shape index (κ3) is 6.85. The van der Waals surface area contributed by atoms with Crippen LogP contribution >= 0.6 is 0 Å². The van der Waals surface area contributed by atoms with E-state index in [0.29, 0.717) is 6.61 Å². The molecule has 162 valence electrons. The van der Waals surface area contributed by atoms with Gasteiger partial charge in [-0.05, 0) is 29.8 Å². The molecule has 0 aromatic heterocycles. The summed E-state index contributed by atoms with van der Waals surface area (Å²) in [6.45, 7) is 2.46.